The summed E-state index contributed by atoms with van der Waals surface area (Å²) < 4.78 is 1.02. The number of hydrogen-bond donors (Lipinski definition) is 1. The van der Waals surface area contributed by atoms with Crippen molar-refractivity contribution in [3.63, 3.8) is 0 Å². The maximum Gasteiger partial charge on any atom is 0.0916 e. The molecule has 0 aliphatic carbocycles. The zero-order valence-electron chi connectivity index (χ0n) is 10.8. The molecule has 2 aromatic rings. The van der Waals surface area contributed by atoms with E-state index in [1.807, 2.05) is 49.6 Å². The minimum absolute atomic E-state index is 0.477. The first-order valence-electron chi connectivity index (χ1n) is 6.16. The molecule has 1 aromatic heterocycles. The van der Waals surface area contributed by atoms with Gasteiger partial charge in [0, 0.05) is 30.0 Å². The van der Waals surface area contributed by atoms with Gasteiger partial charge in [-0.2, -0.15) is 0 Å². The number of aliphatic hydroxyl groups is 1. The Morgan fingerprint density at radius 3 is 2.63 bits per heavy atom. The average Bonchev–Trinajstić information content (AvgIpc) is 2.40. The summed E-state index contributed by atoms with van der Waals surface area (Å²) in [6, 6.07) is 11.7. The van der Waals surface area contributed by atoms with Gasteiger partial charge >= 0.3 is 0 Å². The fourth-order valence-electron chi connectivity index (χ4n) is 1.95. The molecule has 0 saturated heterocycles. The molecule has 1 atom stereocenters. The summed E-state index contributed by atoms with van der Waals surface area (Å²) in [5.74, 6) is 0. The van der Waals surface area contributed by atoms with Crippen LogP contribution in [0.1, 0.15) is 17.2 Å². The van der Waals surface area contributed by atoms with Crippen molar-refractivity contribution >= 4 is 15.9 Å². The lowest BCUT2D eigenvalue weighted by molar-refractivity contribution is 0.124. The summed E-state index contributed by atoms with van der Waals surface area (Å²) in [7, 11) is 2.00. The molecule has 0 fully saturated rings. The van der Waals surface area contributed by atoms with Crippen molar-refractivity contribution in [1.82, 2.24) is 9.88 Å². The Kier molecular flexibility index (Phi) is 5.07. The van der Waals surface area contributed by atoms with Crippen molar-refractivity contribution in [2.45, 2.75) is 12.6 Å². The molecule has 1 unspecified atom stereocenters. The Bertz CT molecular complexity index is 501. The van der Waals surface area contributed by atoms with E-state index in [2.05, 4.69) is 25.8 Å². The number of pyridine rings is 1. The highest BCUT2D eigenvalue weighted by Gasteiger charge is 2.10. The molecule has 0 aliphatic heterocycles. The number of aromatic nitrogens is 1. The maximum absolute atomic E-state index is 10.2. The second-order valence-corrected chi connectivity index (χ2v) is 5.54. The molecule has 0 spiro atoms. The Morgan fingerprint density at radius 2 is 2.00 bits per heavy atom. The number of likely N-dealkylation sites (N-methyl/N-ethyl adjacent to an activating group) is 1. The lowest BCUT2D eigenvalue weighted by Gasteiger charge is -2.20. The lowest BCUT2D eigenvalue weighted by Crippen LogP contribution is -2.24. The zero-order valence-corrected chi connectivity index (χ0v) is 12.4. The van der Waals surface area contributed by atoms with Gasteiger partial charge in [-0.3, -0.25) is 9.88 Å². The highest BCUT2D eigenvalue weighted by Crippen LogP contribution is 2.18. The summed E-state index contributed by atoms with van der Waals surface area (Å²) in [6.07, 6.45) is 3.14. The van der Waals surface area contributed by atoms with Crippen LogP contribution in [0.5, 0.6) is 0 Å². The topological polar surface area (TPSA) is 36.4 Å². The highest BCUT2D eigenvalue weighted by molar-refractivity contribution is 9.10. The molecule has 1 N–H and O–H groups in total. The minimum Gasteiger partial charge on any atom is -0.387 e. The van der Waals surface area contributed by atoms with Crippen LogP contribution in [0.4, 0.5) is 0 Å². The Labute approximate surface area is 122 Å². The first kappa shape index (κ1) is 14.2. The van der Waals surface area contributed by atoms with E-state index < -0.39 is 6.10 Å². The third-order valence-corrected chi connectivity index (χ3v) is 3.44. The number of halogens is 1. The summed E-state index contributed by atoms with van der Waals surface area (Å²) in [5, 5.41) is 10.2. The van der Waals surface area contributed by atoms with Crippen molar-refractivity contribution in [2.75, 3.05) is 13.6 Å². The van der Waals surface area contributed by atoms with E-state index >= 15 is 0 Å². The van der Waals surface area contributed by atoms with Crippen LogP contribution in [0, 0.1) is 0 Å². The molecule has 2 rings (SSSR count). The van der Waals surface area contributed by atoms with Gasteiger partial charge in [-0.25, -0.2) is 0 Å². The van der Waals surface area contributed by atoms with Gasteiger partial charge in [0.25, 0.3) is 0 Å². The van der Waals surface area contributed by atoms with Crippen molar-refractivity contribution in [2.24, 2.45) is 0 Å². The van der Waals surface area contributed by atoms with Gasteiger partial charge in [-0.15, -0.1) is 0 Å². The molecule has 100 valence electrons. The quantitative estimate of drug-likeness (QED) is 0.920. The van der Waals surface area contributed by atoms with Crippen LogP contribution in [0.25, 0.3) is 0 Å². The summed E-state index contributed by atoms with van der Waals surface area (Å²) in [5.41, 5.74) is 2.08. The molecule has 0 radical (unpaired) electrons. The predicted molar refractivity (Wildman–Crippen MR) is 79.7 cm³/mol. The van der Waals surface area contributed by atoms with Crippen LogP contribution >= 0.6 is 15.9 Å². The normalized spacial score (nSPS) is 12.6. The third-order valence-electron chi connectivity index (χ3n) is 2.91. The van der Waals surface area contributed by atoms with Crippen LogP contribution < -0.4 is 0 Å². The van der Waals surface area contributed by atoms with Crippen LogP contribution in [0.2, 0.25) is 0 Å². The second-order valence-electron chi connectivity index (χ2n) is 4.63. The molecule has 1 heterocycles. The summed E-state index contributed by atoms with van der Waals surface area (Å²) in [4.78, 5) is 6.18. The van der Waals surface area contributed by atoms with Crippen molar-refractivity contribution in [3.05, 3.63) is 64.4 Å². The largest absolute Gasteiger partial charge is 0.387 e. The SMILES string of the molecule is CN(Cc1cccnc1)CC(O)c1ccc(Br)cc1. The Morgan fingerprint density at radius 1 is 1.26 bits per heavy atom. The zero-order chi connectivity index (χ0) is 13.7. The van der Waals surface area contributed by atoms with Gasteiger partial charge in [0.15, 0.2) is 0 Å². The van der Waals surface area contributed by atoms with E-state index in [9.17, 15) is 5.11 Å². The fourth-order valence-corrected chi connectivity index (χ4v) is 2.22. The van der Waals surface area contributed by atoms with Gasteiger partial charge < -0.3 is 5.11 Å². The number of nitrogens with zero attached hydrogens (tertiary/aromatic N) is 2. The number of rotatable bonds is 5. The predicted octanol–water partition coefficient (Wildman–Crippen LogP) is 3.01. The third kappa shape index (κ3) is 4.42. The molecular weight excluding hydrogens is 304 g/mol. The van der Waals surface area contributed by atoms with E-state index in [0.717, 1.165) is 22.1 Å². The van der Waals surface area contributed by atoms with Crippen LogP contribution in [0.3, 0.4) is 0 Å². The molecule has 19 heavy (non-hydrogen) atoms. The van der Waals surface area contributed by atoms with Gasteiger partial charge in [-0.1, -0.05) is 34.1 Å². The second kappa shape index (κ2) is 6.80. The Balaban J connectivity index is 1.91. The minimum atomic E-state index is -0.477. The van der Waals surface area contributed by atoms with Gasteiger partial charge in [-0.05, 0) is 36.4 Å². The molecule has 0 bridgehead atoms. The maximum atomic E-state index is 10.2. The van der Waals surface area contributed by atoms with Gasteiger partial charge in [0.1, 0.15) is 0 Å². The monoisotopic (exact) mass is 320 g/mol. The fraction of sp³-hybridized carbons (Fsp3) is 0.267. The van der Waals surface area contributed by atoms with E-state index in [1.54, 1.807) is 6.20 Å². The first-order chi connectivity index (χ1) is 9.15. The first-order valence-corrected chi connectivity index (χ1v) is 6.95. The van der Waals surface area contributed by atoms with Gasteiger partial charge in [0.2, 0.25) is 0 Å². The highest BCUT2D eigenvalue weighted by atomic mass is 79.9. The smallest absolute Gasteiger partial charge is 0.0916 e. The molecule has 1 aromatic carbocycles. The molecule has 0 amide bonds. The standard InChI is InChI=1S/C15H17BrN2O/c1-18(10-12-3-2-8-17-9-12)11-15(19)13-4-6-14(16)7-5-13/h2-9,15,19H,10-11H2,1H3. The summed E-state index contributed by atoms with van der Waals surface area (Å²) >= 11 is 3.39. The van der Waals surface area contributed by atoms with E-state index in [4.69, 9.17) is 0 Å². The lowest BCUT2D eigenvalue weighted by atomic mass is 10.1. The van der Waals surface area contributed by atoms with Crippen LogP contribution in [0.15, 0.2) is 53.3 Å². The average molecular weight is 321 g/mol. The number of hydrogen-bond acceptors (Lipinski definition) is 3. The Hall–Kier alpha value is -1.23. The van der Waals surface area contributed by atoms with E-state index in [1.165, 1.54) is 0 Å². The molecule has 3 nitrogen and oxygen atoms in total. The molecule has 0 aliphatic rings. The van der Waals surface area contributed by atoms with Crippen molar-refractivity contribution in [1.29, 1.82) is 0 Å². The van der Waals surface area contributed by atoms with E-state index in [0.29, 0.717) is 6.54 Å². The molecule has 0 saturated carbocycles. The van der Waals surface area contributed by atoms with Gasteiger partial charge in [0.05, 0.1) is 6.10 Å². The molecule has 4 heteroatoms. The van der Waals surface area contributed by atoms with Crippen molar-refractivity contribution in [3.8, 4) is 0 Å². The number of aliphatic hydroxyl groups excluding tert-OH is 1. The summed E-state index contributed by atoms with van der Waals surface area (Å²) in [6.45, 7) is 1.37. The number of benzene rings is 1. The van der Waals surface area contributed by atoms with Crippen LogP contribution in [-0.2, 0) is 6.54 Å². The van der Waals surface area contributed by atoms with Crippen molar-refractivity contribution < 1.29 is 5.11 Å². The molecular formula is C15H17BrN2O. The van der Waals surface area contributed by atoms with Crippen LogP contribution in [-0.4, -0.2) is 28.6 Å². The van der Waals surface area contributed by atoms with E-state index in [-0.39, 0.29) is 0 Å².